The van der Waals surface area contributed by atoms with Crippen molar-refractivity contribution in [1.82, 2.24) is 5.32 Å². The van der Waals surface area contributed by atoms with Crippen LogP contribution in [0.3, 0.4) is 0 Å². The van der Waals surface area contributed by atoms with Crippen LogP contribution in [0.2, 0.25) is 0 Å². The van der Waals surface area contributed by atoms with Crippen LogP contribution in [-0.2, 0) is 9.53 Å². The Labute approximate surface area is 78.1 Å². The molecule has 2 heterocycles. The van der Waals surface area contributed by atoms with Crippen molar-refractivity contribution in [3.8, 4) is 0 Å². The molecule has 2 atom stereocenters. The summed E-state index contributed by atoms with van der Waals surface area (Å²) in [4.78, 5) is 11.0. The number of carbonyl (C=O) groups is 1. The van der Waals surface area contributed by atoms with E-state index in [0.29, 0.717) is 12.1 Å². The molecule has 3 nitrogen and oxygen atoms in total. The van der Waals surface area contributed by atoms with Gasteiger partial charge in [0.25, 0.3) is 0 Å². The summed E-state index contributed by atoms with van der Waals surface area (Å²) in [6, 6.07) is 1.21. The van der Waals surface area contributed by atoms with Gasteiger partial charge >= 0.3 is 5.97 Å². The molecule has 0 spiro atoms. The number of ether oxygens (including phenoxy) is 1. The van der Waals surface area contributed by atoms with Crippen molar-refractivity contribution in [2.75, 3.05) is 7.11 Å². The average Bonchev–Trinajstić information content (AvgIpc) is 2.46. The molecule has 13 heavy (non-hydrogen) atoms. The van der Waals surface area contributed by atoms with E-state index in [0.717, 1.165) is 12.8 Å². The summed E-state index contributed by atoms with van der Waals surface area (Å²) in [6.07, 6.45) is 6.20. The highest BCUT2D eigenvalue weighted by atomic mass is 16.5. The zero-order valence-corrected chi connectivity index (χ0v) is 7.88. The molecule has 0 aromatic rings. The van der Waals surface area contributed by atoms with Gasteiger partial charge in [0.05, 0.1) is 7.11 Å². The summed E-state index contributed by atoms with van der Waals surface area (Å²) in [5.41, 5.74) is 1.25. The Morgan fingerprint density at radius 2 is 2.08 bits per heavy atom. The molecule has 0 aliphatic carbocycles. The molecule has 2 saturated heterocycles. The second-order valence-corrected chi connectivity index (χ2v) is 3.87. The van der Waals surface area contributed by atoms with Gasteiger partial charge in [-0.1, -0.05) is 5.57 Å². The second-order valence-electron chi connectivity index (χ2n) is 3.87. The minimum absolute atomic E-state index is 0.212. The van der Waals surface area contributed by atoms with E-state index in [9.17, 15) is 4.79 Å². The minimum Gasteiger partial charge on any atom is -0.466 e. The van der Waals surface area contributed by atoms with Crippen molar-refractivity contribution >= 4 is 5.97 Å². The van der Waals surface area contributed by atoms with E-state index in [4.69, 9.17) is 0 Å². The predicted molar refractivity (Wildman–Crippen MR) is 49.3 cm³/mol. The fourth-order valence-corrected chi connectivity index (χ4v) is 2.28. The molecule has 0 radical (unpaired) electrons. The maximum absolute atomic E-state index is 11.0. The number of hydrogen-bond acceptors (Lipinski definition) is 3. The van der Waals surface area contributed by atoms with Gasteiger partial charge in [0.1, 0.15) is 0 Å². The van der Waals surface area contributed by atoms with E-state index in [1.54, 1.807) is 6.08 Å². The van der Waals surface area contributed by atoms with Gasteiger partial charge in [0.15, 0.2) is 0 Å². The number of rotatable bonds is 1. The third-order valence-corrected chi connectivity index (χ3v) is 2.88. The molecule has 72 valence electrons. The lowest BCUT2D eigenvalue weighted by atomic mass is 9.99. The molecule has 0 aromatic carbocycles. The molecule has 2 aliphatic rings. The Morgan fingerprint density at radius 3 is 2.62 bits per heavy atom. The number of esters is 1. The molecule has 0 saturated carbocycles. The minimum atomic E-state index is -0.212. The van der Waals surface area contributed by atoms with Crippen LogP contribution >= 0.6 is 0 Å². The number of nitrogens with one attached hydrogen (secondary N) is 1. The molecule has 3 heteroatoms. The van der Waals surface area contributed by atoms with Crippen molar-refractivity contribution in [1.29, 1.82) is 0 Å². The van der Waals surface area contributed by atoms with Gasteiger partial charge in [-0.25, -0.2) is 4.79 Å². The molecule has 2 aliphatic heterocycles. The molecule has 1 N–H and O–H groups in total. The van der Waals surface area contributed by atoms with Gasteiger partial charge in [-0.3, -0.25) is 0 Å². The van der Waals surface area contributed by atoms with E-state index in [1.165, 1.54) is 25.5 Å². The van der Waals surface area contributed by atoms with Gasteiger partial charge in [-0.15, -0.1) is 0 Å². The zero-order chi connectivity index (χ0) is 9.26. The largest absolute Gasteiger partial charge is 0.466 e. The van der Waals surface area contributed by atoms with Crippen LogP contribution in [0.25, 0.3) is 0 Å². The number of piperidine rings is 1. The smallest absolute Gasteiger partial charge is 0.330 e. The first-order chi connectivity index (χ1) is 6.28. The van der Waals surface area contributed by atoms with Crippen LogP contribution < -0.4 is 5.32 Å². The predicted octanol–water partition coefficient (Wildman–Crippen LogP) is 1.00. The molecule has 0 amide bonds. The van der Waals surface area contributed by atoms with Crippen LogP contribution in [0.15, 0.2) is 11.6 Å². The zero-order valence-electron chi connectivity index (χ0n) is 7.88. The molecule has 0 unspecified atom stereocenters. The quantitative estimate of drug-likeness (QED) is 0.484. The van der Waals surface area contributed by atoms with Gasteiger partial charge in [-0.2, -0.15) is 0 Å². The van der Waals surface area contributed by atoms with Crippen molar-refractivity contribution < 1.29 is 9.53 Å². The first-order valence-corrected chi connectivity index (χ1v) is 4.81. The lowest BCUT2D eigenvalue weighted by Gasteiger charge is -2.23. The fourth-order valence-electron chi connectivity index (χ4n) is 2.28. The molecule has 2 fully saturated rings. The van der Waals surface area contributed by atoms with E-state index < -0.39 is 0 Å². The van der Waals surface area contributed by atoms with Crippen LogP contribution in [0, 0.1) is 0 Å². The molecule has 2 bridgehead atoms. The third kappa shape index (κ3) is 1.91. The Hall–Kier alpha value is -0.830. The number of fused-ring (bicyclic) bond motifs is 2. The number of hydrogen-bond donors (Lipinski definition) is 1. The summed E-state index contributed by atoms with van der Waals surface area (Å²) in [5, 5.41) is 3.52. The van der Waals surface area contributed by atoms with Gasteiger partial charge in [-0.05, 0) is 25.7 Å². The fraction of sp³-hybridized carbons (Fsp3) is 0.700. The normalized spacial score (nSPS) is 35.0. The van der Waals surface area contributed by atoms with Crippen LogP contribution in [0.5, 0.6) is 0 Å². The van der Waals surface area contributed by atoms with Crippen LogP contribution in [0.1, 0.15) is 25.7 Å². The number of carbonyl (C=O) groups excluding carboxylic acids is 1. The lowest BCUT2D eigenvalue weighted by molar-refractivity contribution is -0.134. The molecular formula is C10H15NO2. The van der Waals surface area contributed by atoms with Crippen molar-refractivity contribution in [2.24, 2.45) is 0 Å². The van der Waals surface area contributed by atoms with E-state index >= 15 is 0 Å². The summed E-state index contributed by atoms with van der Waals surface area (Å²) in [6.45, 7) is 0. The Bertz CT molecular complexity index is 233. The summed E-state index contributed by atoms with van der Waals surface area (Å²) >= 11 is 0. The summed E-state index contributed by atoms with van der Waals surface area (Å²) in [7, 11) is 1.43. The molecule has 0 aromatic heterocycles. The van der Waals surface area contributed by atoms with Gasteiger partial charge in [0.2, 0.25) is 0 Å². The second kappa shape index (κ2) is 3.50. The van der Waals surface area contributed by atoms with Crippen molar-refractivity contribution in [2.45, 2.75) is 37.8 Å². The van der Waals surface area contributed by atoms with Gasteiger partial charge < -0.3 is 10.1 Å². The topological polar surface area (TPSA) is 38.3 Å². The van der Waals surface area contributed by atoms with E-state index in [1.807, 2.05) is 0 Å². The molecular weight excluding hydrogens is 166 g/mol. The van der Waals surface area contributed by atoms with E-state index in [-0.39, 0.29) is 5.97 Å². The Morgan fingerprint density at radius 1 is 1.46 bits per heavy atom. The Balaban J connectivity index is 2.02. The summed E-state index contributed by atoms with van der Waals surface area (Å²) < 4.78 is 4.61. The first-order valence-electron chi connectivity index (χ1n) is 4.81. The SMILES string of the molecule is COC(=O)C=C1C[C@H]2CC[C@@H](C1)N2. The third-order valence-electron chi connectivity index (χ3n) is 2.88. The maximum Gasteiger partial charge on any atom is 0.330 e. The average molecular weight is 181 g/mol. The highest BCUT2D eigenvalue weighted by Gasteiger charge is 2.30. The monoisotopic (exact) mass is 181 g/mol. The highest BCUT2D eigenvalue weighted by Crippen LogP contribution is 2.30. The first kappa shape index (κ1) is 8.75. The van der Waals surface area contributed by atoms with Gasteiger partial charge in [0, 0.05) is 18.2 Å². The van der Waals surface area contributed by atoms with Crippen LogP contribution in [-0.4, -0.2) is 25.2 Å². The highest BCUT2D eigenvalue weighted by molar-refractivity contribution is 5.82. The lowest BCUT2D eigenvalue weighted by Crippen LogP contribution is -2.34. The Kier molecular flexibility index (Phi) is 2.36. The molecule has 2 rings (SSSR count). The van der Waals surface area contributed by atoms with E-state index in [2.05, 4.69) is 10.1 Å². The standard InChI is InChI=1S/C10H15NO2/c1-13-10(12)6-7-4-8-2-3-9(5-7)11-8/h6,8-9,11H,2-5H2,1H3/t8-,9+. The van der Waals surface area contributed by atoms with Crippen molar-refractivity contribution in [3.63, 3.8) is 0 Å². The summed E-state index contributed by atoms with van der Waals surface area (Å²) in [5.74, 6) is -0.212. The number of methoxy groups -OCH3 is 1. The van der Waals surface area contributed by atoms with Crippen LogP contribution in [0.4, 0.5) is 0 Å². The maximum atomic E-state index is 11.0. The van der Waals surface area contributed by atoms with Crippen molar-refractivity contribution in [3.05, 3.63) is 11.6 Å².